The monoisotopic (exact) mass is 311 g/mol. The third-order valence-corrected chi connectivity index (χ3v) is 2.81. The molecule has 2 aromatic rings. The van der Waals surface area contributed by atoms with E-state index >= 15 is 0 Å². The van der Waals surface area contributed by atoms with Crippen molar-refractivity contribution in [2.45, 2.75) is 6.92 Å². The fraction of sp³-hybridized carbons (Fsp3) is 0.143. The third kappa shape index (κ3) is 3.66. The van der Waals surface area contributed by atoms with Crippen LogP contribution in [-0.2, 0) is 0 Å². The summed E-state index contributed by atoms with van der Waals surface area (Å²) in [6.45, 7) is 2.47. The van der Waals surface area contributed by atoms with E-state index in [1.54, 1.807) is 0 Å². The van der Waals surface area contributed by atoms with E-state index in [1.165, 1.54) is 24.3 Å². The summed E-state index contributed by atoms with van der Waals surface area (Å²) in [4.78, 5) is 16.1. The zero-order chi connectivity index (χ0) is 15.4. The van der Waals surface area contributed by atoms with Crippen molar-refractivity contribution >= 4 is 29.0 Å². The highest BCUT2D eigenvalue weighted by molar-refractivity contribution is 6.30. The van der Waals surface area contributed by atoms with Gasteiger partial charge >= 0.3 is 0 Å². The van der Waals surface area contributed by atoms with Gasteiger partial charge in [0.1, 0.15) is 11.0 Å². The number of amides is 1. The average molecular weight is 312 g/mol. The zero-order valence-electron chi connectivity index (χ0n) is 11.1. The van der Waals surface area contributed by atoms with Gasteiger partial charge in [-0.3, -0.25) is 4.79 Å². The number of anilines is 2. The molecule has 1 aromatic carbocycles. The van der Waals surface area contributed by atoms with Gasteiger partial charge < -0.3 is 10.6 Å². The maximum absolute atomic E-state index is 13.5. The average Bonchev–Trinajstić information content (AvgIpc) is 2.43. The molecule has 1 heterocycles. The largest absolute Gasteiger partial charge is 0.370 e. The van der Waals surface area contributed by atoms with Crippen LogP contribution in [0.4, 0.5) is 20.3 Å². The fourth-order valence-corrected chi connectivity index (χ4v) is 1.90. The maximum Gasteiger partial charge on any atom is 0.255 e. The van der Waals surface area contributed by atoms with E-state index in [0.717, 1.165) is 6.07 Å². The quantitative estimate of drug-likeness (QED) is 0.847. The number of carbonyl (C=O) groups is 1. The topological polar surface area (TPSA) is 54.0 Å². The standard InChI is InChI=1S/C14H12ClF2N3O/c1-2-18-12-7-8(6-11(15)20-12)14(21)19-10-5-3-4-9(16)13(10)17/h3-7H,2H2,1H3,(H,18,20)(H,19,21). The van der Waals surface area contributed by atoms with Crippen LogP contribution in [0.2, 0.25) is 5.15 Å². The maximum atomic E-state index is 13.5. The Hall–Kier alpha value is -2.21. The molecular weight excluding hydrogens is 300 g/mol. The van der Waals surface area contributed by atoms with Gasteiger partial charge in [0.25, 0.3) is 5.91 Å². The number of benzene rings is 1. The van der Waals surface area contributed by atoms with Gasteiger partial charge in [-0.2, -0.15) is 0 Å². The van der Waals surface area contributed by atoms with Crippen molar-refractivity contribution in [3.05, 3.63) is 52.7 Å². The lowest BCUT2D eigenvalue weighted by Gasteiger charge is -2.09. The molecule has 0 saturated heterocycles. The molecule has 2 N–H and O–H groups in total. The van der Waals surface area contributed by atoms with Crippen LogP contribution in [0.15, 0.2) is 30.3 Å². The molecule has 0 radical (unpaired) electrons. The molecule has 1 aromatic heterocycles. The second-order valence-corrected chi connectivity index (χ2v) is 4.54. The SMILES string of the molecule is CCNc1cc(C(=O)Nc2cccc(F)c2F)cc(Cl)n1. The summed E-state index contributed by atoms with van der Waals surface area (Å²) in [6.07, 6.45) is 0. The molecule has 7 heteroatoms. The molecule has 0 bridgehead atoms. The van der Waals surface area contributed by atoms with Crippen LogP contribution in [-0.4, -0.2) is 17.4 Å². The van der Waals surface area contributed by atoms with Crippen LogP contribution >= 0.6 is 11.6 Å². The normalized spacial score (nSPS) is 10.3. The van der Waals surface area contributed by atoms with Gasteiger partial charge in [0.15, 0.2) is 11.6 Å². The minimum absolute atomic E-state index is 0.123. The summed E-state index contributed by atoms with van der Waals surface area (Å²) in [7, 11) is 0. The minimum Gasteiger partial charge on any atom is -0.370 e. The van der Waals surface area contributed by atoms with Gasteiger partial charge in [0.2, 0.25) is 0 Å². The Balaban J connectivity index is 2.26. The summed E-state index contributed by atoms with van der Waals surface area (Å²) in [6, 6.07) is 6.36. The van der Waals surface area contributed by atoms with E-state index in [-0.39, 0.29) is 16.4 Å². The number of halogens is 3. The molecule has 21 heavy (non-hydrogen) atoms. The van der Waals surface area contributed by atoms with E-state index in [4.69, 9.17) is 11.6 Å². The van der Waals surface area contributed by atoms with Crippen molar-refractivity contribution < 1.29 is 13.6 Å². The van der Waals surface area contributed by atoms with E-state index in [1.807, 2.05) is 6.92 Å². The molecular formula is C14H12ClF2N3O. The summed E-state index contributed by atoms with van der Waals surface area (Å²) >= 11 is 5.82. The summed E-state index contributed by atoms with van der Waals surface area (Å²) in [5, 5.41) is 5.34. The second-order valence-electron chi connectivity index (χ2n) is 4.15. The first-order valence-electron chi connectivity index (χ1n) is 6.18. The molecule has 0 aliphatic carbocycles. The van der Waals surface area contributed by atoms with Crippen molar-refractivity contribution in [2.24, 2.45) is 0 Å². The Morgan fingerprint density at radius 3 is 2.81 bits per heavy atom. The van der Waals surface area contributed by atoms with Crippen LogP contribution in [0.25, 0.3) is 0 Å². The molecule has 0 saturated carbocycles. The van der Waals surface area contributed by atoms with Crippen LogP contribution < -0.4 is 10.6 Å². The first-order valence-corrected chi connectivity index (χ1v) is 6.56. The third-order valence-electron chi connectivity index (χ3n) is 2.61. The lowest BCUT2D eigenvalue weighted by molar-refractivity contribution is 0.102. The van der Waals surface area contributed by atoms with Crippen molar-refractivity contribution in [3.63, 3.8) is 0 Å². The summed E-state index contributed by atoms with van der Waals surface area (Å²) in [5.74, 6) is -2.33. The van der Waals surface area contributed by atoms with E-state index in [9.17, 15) is 13.6 Å². The Morgan fingerprint density at radius 1 is 1.33 bits per heavy atom. The Kier molecular flexibility index (Phi) is 4.70. The number of hydrogen-bond acceptors (Lipinski definition) is 3. The number of hydrogen-bond donors (Lipinski definition) is 2. The number of rotatable bonds is 4. The highest BCUT2D eigenvalue weighted by atomic mass is 35.5. The lowest BCUT2D eigenvalue weighted by atomic mass is 10.2. The van der Waals surface area contributed by atoms with Gasteiger partial charge in [0.05, 0.1) is 5.69 Å². The number of pyridine rings is 1. The summed E-state index contributed by atoms with van der Waals surface area (Å²) in [5.41, 5.74) is -0.0486. The van der Waals surface area contributed by atoms with Crippen LogP contribution in [0.3, 0.4) is 0 Å². The van der Waals surface area contributed by atoms with E-state index in [2.05, 4.69) is 15.6 Å². The zero-order valence-corrected chi connectivity index (χ0v) is 11.8. The fourth-order valence-electron chi connectivity index (χ4n) is 1.69. The number of aromatic nitrogens is 1. The van der Waals surface area contributed by atoms with Gasteiger partial charge in [0, 0.05) is 12.1 Å². The predicted octanol–water partition coefficient (Wildman–Crippen LogP) is 3.70. The van der Waals surface area contributed by atoms with Crippen molar-refractivity contribution in [3.8, 4) is 0 Å². The molecule has 0 fully saturated rings. The van der Waals surface area contributed by atoms with Gasteiger partial charge in [-0.15, -0.1) is 0 Å². The number of nitrogens with zero attached hydrogens (tertiary/aromatic N) is 1. The van der Waals surface area contributed by atoms with Gasteiger partial charge in [-0.05, 0) is 31.2 Å². The number of nitrogens with one attached hydrogen (secondary N) is 2. The van der Waals surface area contributed by atoms with E-state index in [0.29, 0.717) is 12.4 Å². The van der Waals surface area contributed by atoms with Crippen molar-refractivity contribution in [1.82, 2.24) is 4.98 Å². The predicted molar refractivity (Wildman–Crippen MR) is 77.7 cm³/mol. The molecule has 0 spiro atoms. The second kappa shape index (κ2) is 6.49. The minimum atomic E-state index is -1.11. The molecule has 1 amide bonds. The molecule has 0 aliphatic rings. The highest BCUT2D eigenvalue weighted by Gasteiger charge is 2.13. The Labute approximate surface area is 125 Å². The van der Waals surface area contributed by atoms with Crippen LogP contribution in [0.1, 0.15) is 17.3 Å². The first-order chi connectivity index (χ1) is 10.0. The van der Waals surface area contributed by atoms with Gasteiger partial charge in [-0.25, -0.2) is 13.8 Å². The lowest BCUT2D eigenvalue weighted by Crippen LogP contribution is -2.14. The van der Waals surface area contributed by atoms with E-state index < -0.39 is 17.5 Å². The smallest absolute Gasteiger partial charge is 0.255 e. The Bertz CT molecular complexity index is 679. The summed E-state index contributed by atoms with van der Waals surface area (Å²) < 4.78 is 26.6. The molecule has 4 nitrogen and oxygen atoms in total. The van der Waals surface area contributed by atoms with Crippen LogP contribution in [0.5, 0.6) is 0 Å². The molecule has 2 rings (SSSR count). The first kappa shape index (κ1) is 15.2. The molecule has 110 valence electrons. The molecule has 0 unspecified atom stereocenters. The van der Waals surface area contributed by atoms with Crippen molar-refractivity contribution in [2.75, 3.05) is 17.2 Å². The van der Waals surface area contributed by atoms with Crippen LogP contribution in [0, 0.1) is 11.6 Å². The molecule has 0 aliphatic heterocycles. The van der Waals surface area contributed by atoms with Crippen molar-refractivity contribution in [1.29, 1.82) is 0 Å². The van der Waals surface area contributed by atoms with Gasteiger partial charge in [-0.1, -0.05) is 17.7 Å². The molecule has 0 atom stereocenters. The number of carbonyl (C=O) groups excluding carboxylic acids is 1. The Morgan fingerprint density at radius 2 is 2.10 bits per heavy atom. The highest BCUT2D eigenvalue weighted by Crippen LogP contribution is 2.19.